The highest BCUT2D eigenvalue weighted by molar-refractivity contribution is 5.86. The number of carbonyl (C=O) groups excluding carboxylic acids is 1. The Bertz CT molecular complexity index is 227. The van der Waals surface area contributed by atoms with Crippen molar-refractivity contribution in [2.45, 2.75) is 18.4 Å². The third kappa shape index (κ3) is 1.40. The fourth-order valence-electron chi connectivity index (χ4n) is 1.25. The summed E-state index contributed by atoms with van der Waals surface area (Å²) in [5.41, 5.74) is 4.52. The van der Waals surface area contributed by atoms with Crippen molar-refractivity contribution in [2.24, 2.45) is 11.7 Å². The Morgan fingerprint density at radius 2 is 2.33 bits per heavy atom. The molecule has 0 radical (unpaired) electrons. The smallest absolute Gasteiger partial charge is 0.326 e. The number of carboxylic acids is 1. The molecular weight excluding hydrogens is 162 g/mol. The molecule has 0 bridgehead atoms. The van der Waals surface area contributed by atoms with E-state index in [1.54, 1.807) is 0 Å². The summed E-state index contributed by atoms with van der Waals surface area (Å²) in [6, 6.07) is 0. The van der Waals surface area contributed by atoms with E-state index in [4.69, 9.17) is 10.8 Å². The normalized spacial score (nSPS) is 32.7. The quantitative estimate of drug-likeness (QED) is 0.553. The van der Waals surface area contributed by atoms with E-state index in [-0.39, 0.29) is 12.3 Å². The van der Waals surface area contributed by atoms with E-state index in [1.807, 2.05) is 0 Å². The number of methoxy groups -OCH3 is 1. The Morgan fingerprint density at radius 1 is 1.75 bits per heavy atom. The molecule has 0 aromatic rings. The van der Waals surface area contributed by atoms with E-state index < -0.39 is 17.5 Å². The summed E-state index contributed by atoms with van der Waals surface area (Å²) in [7, 11) is 1.24. The fraction of sp³-hybridized carbons (Fsp3) is 0.714. The van der Waals surface area contributed by atoms with Gasteiger partial charge in [-0.1, -0.05) is 0 Å². The number of carboxylic acid groups (broad SMARTS) is 1. The van der Waals surface area contributed by atoms with Gasteiger partial charge in [-0.15, -0.1) is 0 Å². The fourth-order valence-corrected chi connectivity index (χ4v) is 1.25. The summed E-state index contributed by atoms with van der Waals surface area (Å²) in [4.78, 5) is 21.2. The first-order chi connectivity index (χ1) is 5.50. The van der Waals surface area contributed by atoms with Gasteiger partial charge in [0.1, 0.15) is 5.54 Å². The molecule has 1 saturated carbocycles. The molecule has 0 aromatic heterocycles. The highest BCUT2D eigenvalue weighted by Gasteiger charge is 2.58. The van der Waals surface area contributed by atoms with Gasteiger partial charge in [0.25, 0.3) is 0 Å². The maximum atomic E-state index is 10.9. The molecule has 1 fully saturated rings. The molecule has 3 N–H and O–H groups in total. The van der Waals surface area contributed by atoms with Gasteiger partial charge >= 0.3 is 11.9 Å². The van der Waals surface area contributed by atoms with Crippen molar-refractivity contribution in [3.8, 4) is 0 Å². The first-order valence-electron chi connectivity index (χ1n) is 3.60. The number of nitrogens with two attached hydrogens (primary N) is 1. The molecular formula is C7H11NO4. The van der Waals surface area contributed by atoms with Crippen LogP contribution in [0.2, 0.25) is 0 Å². The third-order valence-corrected chi connectivity index (χ3v) is 2.14. The molecule has 1 aliphatic carbocycles. The lowest BCUT2D eigenvalue weighted by Crippen LogP contribution is -2.36. The SMILES string of the molecule is COC(=O)[C@]1(N)C[C@H]1CC(=O)O. The molecule has 5 heteroatoms. The van der Waals surface area contributed by atoms with Crippen LogP contribution in [0, 0.1) is 5.92 Å². The lowest BCUT2D eigenvalue weighted by molar-refractivity contribution is -0.144. The van der Waals surface area contributed by atoms with Gasteiger partial charge in [0.2, 0.25) is 0 Å². The van der Waals surface area contributed by atoms with E-state index in [0.717, 1.165) is 0 Å². The molecule has 5 nitrogen and oxygen atoms in total. The number of ether oxygens (including phenoxy) is 1. The Balaban J connectivity index is 2.48. The van der Waals surface area contributed by atoms with Gasteiger partial charge in [0, 0.05) is 5.92 Å². The lowest BCUT2D eigenvalue weighted by atomic mass is 10.2. The van der Waals surface area contributed by atoms with E-state index in [2.05, 4.69) is 4.74 Å². The van der Waals surface area contributed by atoms with Crippen molar-refractivity contribution in [3.63, 3.8) is 0 Å². The van der Waals surface area contributed by atoms with Gasteiger partial charge in [0.05, 0.1) is 13.5 Å². The van der Waals surface area contributed by atoms with Crippen LogP contribution in [0.1, 0.15) is 12.8 Å². The van der Waals surface area contributed by atoms with Crippen molar-refractivity contribution in [1.82, 2.24) is 0 Å². The van der Waals surface area contributed by atoms with Crippen molar-refractivity contribution in [1.29, 1.82) is 0 Å². The lowest BCUT2D eigenvalue weighted by Gasteiger charge is -2.06. The van der Waals surface area contributed by atoms with Gasteiger partial charge < -0.3 is 15.6 Å². The molecule has 68 valence electrons. The van der Waals surface area contributed by atoms with E-state index >= 15 is 0 Å². The summed E-state index contributed by atoms with van der Waals surface area (Å²) in [6.07, 6.45) is 0.345. The maximum absolute atomic E-state index is 10.9. The predicted octanol–water partition coefficient (Wildman–Crippen LogP) is -0.648. The van der Waals surface area contributed by atoms with Crippen molar-refractivity contribution >= 4 is 11.9 Å². The number of aliphatic carboxylic acids is 1. The Labute approximate surface area is 69.5 Å². The van der Waals surface area contributed by atoms with Crippen molar-refractivity contribution < 1.29 is 19.4 Å². The molecule has 1 aliphatic rings. The summed E-state index contributed by atoms with van der Waals surface area (Å²) in [5, 5.41) is 8.40. The molecule has 1 rings (SSSR count). The molecule has 0 aliphatic heterocycles. The number of hydrogen-bond donors (Lipinski definition) is 2. The molecule has 0 amide bonds. The zero-order chi connectivity index (χ0) is 9.35. The van der Waals surface area contributed by atoms with Crippen molar-refractivity contribution in [3.05, 3.63) is 0 Å². The number of carbonyl (C=O) groups is 2. The minimum Gasteiger partial charge on any atom is -0.481 e. The van der Waals surface area contributed by atoms with Gasteiger partial charge in [-0.25, -0.2) is 0 Å². The van der Waals surface area contributed by atoms with Crippen LogP contribution < -0.4 is 5.73 Å². The molecule has 12 heavy (non-hydrogen) atoms. The number of esters is 1. The third-order valence-electron chi connectivity index (χ3n) is 2.14. The van der Waals surface area contributed by atoms with Gasteiger partial charge in [-0.3, -0.25) is 9.59 Å². The molecule has 2 atom stereocenters. The first-order valence-corrected chi connectivity index (χ1v) is 3.60. The Kier molecular flexibility index (Phi) is 2.06. The summed E-state index contributed by atoms with van der Waals surface area (Å²) in [5.74, 6) is -1.72. The highest BCUT2D eigenvalue weighted by atomic mass is 16.5. The second-order valence-corrected chi connectivity index (χ2v) is 3.03. The minimum absolute atomic E-state index is 0.0639. The summed E-state index contributed by atoms with van der Waals surface area (Å²) < 4.78 is 4.43. The molecule has 0 aromatic carbocycles. The molecule has 0 spiro atoms. The first kappa shape index (κ1) is 8.99. The van der Waals surface area contributed by atoms with Crippen LogP contribution in [-0.4, -0.2) is 29.7 Å². The van der Waals surface area contributed by atoms with Crippen LogP contribution in [0.4, 0.5) is 0 Å². The van der Waals surface area contributed by atoms with Crippen LogP contribution in [0.15, 0.2) is 0 Å². The van der Waals surface area contributed by atoms with Crippen LogP contribution in [-0.2, 0) is 14.3 Å². The van der Waals surface area contributed by atoms with Gasteiger partial charge in [-0.05, 0) is 6.42 Å². The second-order valence-electron chi connectivity index (χ2n) is 3.03. The average Bonchev–Trinajstić information content (AvgIpc) is 2.60. The Morgan fingerprint density at radius 3 is 2.75 bits per heavy atom. The molecule has 0 saturated heterocycles. The zero-order valence-electron chi connectivity index (χ0n) is 6.74. The Hall–Kier alpha value is -1.10. The van der Waals surface area contributed by atoms with Gasteiger partial charge in [0.15, 0.2) is 0 Å². The van der Waals surface area contributed by atoms with Crippen LogP contribution in [0.3, 0.4) is 0 Å². The van der Waals surface area contributed by atoms with E-state index in [9.17, 15) is 9.59 Å². The summed E-state index contributed by atoms with van der Waals surface area (Å²) >= 11 is 0. The zero-order valence-corrected chi connectivity index (χ0v) is 6.74. The average molecular weight is 173 g/mol. The topological polar surface area (TPSA) is 89.6 Å². The van der Waals surface area contributed by atoms with Crippen LogP contribution in [0.25, 0.3) is 0 Å². The second kappa shape index (κ2) is 2.75. The monoisotopic (exact) mass is 173 g/mol. The standard InChI is InChI=1S/C7H11NO4/c1-12-6(11)7(8)3-4(7)2-5(9)10/h4H,2-3,8H2,1H3,(H,9,10)/t4-,7+/m1/s1. The minimum atomic E-state index is -1.03. The predicted molar refractivity (Wildman–Crippen MR) is 39.3 cm³/mol. The number of hydrogen-bond acceptors (Lipinski definition) is 4. The maximum Gasteiger partial charge on any atom is 0.326 e. The number of rotatable bonds is 3. The highest BCUT2D eigenvalue weighted by Crippen LogP contribution is 2.44. The molecule has 0 heterocycles. The van der Waals surface area contributed by atoms with E-state index in [0.29, 0.717) is 6.42 Å². The van der Waals surface area contributed by atoms with Crippen LogP contribution in [0.5, 0.6) is 0 Å². The summed E-state index contributed by atoms with van der Waals surface area (Å²) in [6.45, 7) is 0. The van der Waals surface area contributed by atoms with Gasteiger partial charge in [-0.2, -0.15) is 0 Å². The largest absolute Gasteiger partial charge is 0.481 e. The molecule has 0 unspecified atom stereocenters. The van der Waals surface area contributed by atoms with Crippen molar-refractivity contribution in [2.75, 3.05) is 7.11 Å². The van der Waals surface area contributed by atoms with Crippen LogP contribution >= 0.6 is 0 Å². The van der Waals surface area contributed by atoms with E-state index in [1.165, 1.54) is 7.11 Å².